The molecule has 1 N–H and O–H groups in total. The highest BCUT2D eigenvalue weighted by Crippen LogP contribution is 2.19. The van der Waals surface area contributed by atoms with E-state index in [0.29, 0.717) is 17.1 Å². The smallest absolute Gasteiger partial charge is 0.251 e. The molecule has 0 spiro atoms. The van der Waals surface area contributed by atoms with Gasteiger partial charge in [-0.3, -0.25) is 4.79 Å². The Kier molecular flexibility index (Phi) is 4.74. The van der Waals surface area contributed by atoms with Gasteiger partial charge in [-0.1, -0.05) is 27.5 Å². The number of carbonyl (C=O) groups is 1. The lowest BCUT2D eigenvalue weighted by molar-refractivity contribution is 0.0954. The molecule has 0 bridgehead atoms. The molecule has 0 saturated heterocycles. The van der Waals surface area contributed by atoms with Crippen LogP contribution in [0.3, 0.4) is 0 Å². The zero-order chi connectivity index (χ0) is 13.0. The quantitative estimate of drug-likeness (QED) is 0.921. The molecule has 1 amide bonds. The van der Waals surface area contributed by atoms with E-state index in [-0.39, 0.29) is 5.91 Å². The van der Waals surface area contributed by atoms with E-state index in [1.54, 1.807) is 35.7 Å². The monoisotopic (exact) mass is 344 g/mol. The summed E-state index contributed by atoms with van der Waals surface area (Å²) in [6.45, 7) is 0.566. The predicted molar refractivity (Wildman–Crippen MR) is 77.3 cm³/mol. The summed E-state index contributed by atoms with van der Waals surface area (Å²) < 4.78 is 0.792. The van der Waals surface area contributed by atoms with Crippen molar-refractivity contribution in [3.8, 4) is 0 Å². The van der Waals surface area contributed by atoms with Gasteiger partial charge in [-0.05, 0) is 18.2 Å². The normalized spacial score (nSPS) is 10.3. The van der Waals surface area contributed by atoms with Crippen LogP contribution in [0.15, 0.2) is 34.2 Å². The van der Waals surface area contributed by atoms with Gasteiger partial charge in [-0.15, -0.1) is 11.3 Å². The van der Waals surface area contributed by atoms with Gasteiger partial charge in [0.2, 0.25) is 0 Å². The Labute approximate surface area is 122 Å². The number of rotatable bonds is 4. The number of nitrogens with zero attached hydrogens (tertiary/aromatic N) is 1. The highest BCUT2D eigenvalue weighted by atomic mass is 79.9. The number of aromatic nitrogens is 1. The maximum absolute atomic E-state index is 11.9. The molecule has 1 heterocycles. The lowest BCUT2D eigenvalue weighted by Crippen LogP contribution is -2.25. The molecule has 0 aliphatic heterocycles. The molecular weight excluding hydrogens is 336 g/mol. The van der Waals surface area contributed by atoms with E-state index in [1.807, 2.05) is 5.38 Å². The number of hydrogen-bond donors (Lipinski definition) is 1. The minimum Gasteiger partial charge on any atom is -0.352 e. The van der Waals surface area contributed by atoms with Crippen molar-refractivity contribution >= 4 is 44.8 Å². The number of benzene rings is 1. The summed E-state index contributed by atoms with van der Waals surface area (Å²) in [6, 6.07) is 5.13. The second kappa shape index (κ2) is 6.31. The summed E-state index contributed by atoms with van der Waals surface area (Å²) in [4.78, 5) is 16.0. The van der Waals surface area contributed by atoms with E-state index in [1.165, 1.54) is 0 Å². The topological polar surface area (TPSA) is 42.0 Å². The first kappa shape index (κ1) is 13.5. The van der Waals surface area contributed by atoms with Crippen molar-refractivity contribution in [2.45, 2.75) is 6.42 Å². The fraction of sp³-hybridized carbons (Fsp3) is 0.167. The number of thiazole rings is 1. The molecule has 0 saturated carbocycles. The Hall–Kier alpha value is -0.910. The summed E-state index contributed by atoms with van der Waals surface area (Å²) >= 11 is 10.8. The average molecular weight is 346 g/mol. The first-order valence-corrected chi connectivity index (χ1v) is 7.33. The molecule has 0 fully saturated rings. The third-order valence-electron chi connectivity index (χ3n) is 2.23. The van der Waals surface area contributed by atoms with Crippen LogP contribution in [-0.4, -0.2) is 17.4 Å². The predicted octanol–water partition coefficient (Wildman–Crippen LogP) is 3.53. The third-order valence-corrected chi connectivity index (χ3v) is 3.75. The number of nitrogens with one attached hydrogen (secondary N) is 1. The van der Waals surface area contributed by atoms with Crippen LogP contribution in [-0.2, 0) is 6.42 Å². The zero-order valence-corrected chi connectivity index (χ0v) is 12.5. The van der Waals surface area contributed by atoms with Crippen LogP contribution in [0.4, 0.5) is 0 Å². The van der Waals surface area contributed by atoms with Crippen LogP contribution in [0.1, 0.15) is 15.4 Å². The van der Waals surface area contributed by atoms with E-state index < -0.39 is 0 Å². The SMILES string of the molecule is O=C(NCCc1nccs1)c1cc(Cl)cc(Br)c1. The summed E-state index contributed by atoms with van der Waals surface area (Å²) in [6.07, 6.45) is 2.50. The van der Waals surface area contributed by atoms with Gasteiger partial charge in [0.25, 0.3) is 5.91 Å². The van der Waals surface area contributed by atoms with E-state index in [2.05, 4.69) is 26.2 Å². The second-order valence-corrected chi connectivity index (χ2v) is 5.92. The number of amides is 1. The van der Waals surface area contributed by atoms with Gasteiger partial charge >= 0.3 is 0 Å². The van der Waals surface area contributed by atoms with Crippen LogP contribution in [0.2, 0.25) is 5.02 Å². The molecule has 2 aromatic rings. The first-order chi connectivity index (χ1) is 8.65. The Morgan fingerprint density at radius 2 is 2.28 bits per heavy atom. The van der Waals surface area contributed by atoms with Crippen molar-refractivity contribution in [3.05, 3.63) is 49.8 Å². The maximum atomic E-state index is 11.9. The van der Waals surface area contributed by atoms with Crippen molar-refractivity contribution in [2.75, 3.05) is 6.54 Å². The van der Waals surface area contributed by atoms with Crippen LogP contribution in [0, 0.1) is 0 Å². The molecule has 0 radical (unpaired) electrons. The van der Waals surface area contributed by atoms with Gasteiger partial charge in [-0.2, -0.15) is 0 Å². The zero-order valence-electron chi connectivity index (χ0n) is 9.32. The summed E-state index contributed by atoms with van der Waals surface area (Å²) in [5.41, 5.74) is 0.550. The summed E-state index contributed by atoms with van der Waals surface area (Å²) in [5.74, 6) is -0.130. The van der Waals surface area contributed by atoms with Crippen molar-refractivity contribution in [1.29, 1.82) is 0 Å². The number of carbonyl (C=O) groups excluding carboxylic acids is 1. The maximum Gasteiger partial charge on any atom is 0.251 e. The Morgan fingerprint density at radius 3 is 2.94 bits per heavy atom. The Bertz CT molecular complexity index is 525. The van der Waals surface area contributed by atoms with Crippen molar-refractivity contribution in [3.63, 3.8) is 0 Å². The summed E-state index contributed by atoms with van der Waals surface area (Å²) in [5, 5.41) is 6.31. The molecule has 3 nitrogen and oxygen atoms in total. The van der Waals surface area contributed by atoms with Gasteiger partial charge in [-0.25, -0.2) is 4.98 Å². The van der Waals surface area contributed by atoms with E-state index in [4.69, 9.17) is 11.6 Å². The van der Waals surface area contributed by atoms with Crippen LogP contribution < -0.4 is 5.32 Å². The molecule has 0 aliphatic rings. The standard InChI is InChI=1S/C12H10BrClN2OS/c13-9-5-8(6-10(14)7-9)12(17)16-2-1-11-15-3-4-18-11/h3-7H,1-2H2,(H,16,17). The van der Waals surface area contributed by atoms with E-state index in [9.17, 15) is 4.79 Å². The summed E-state index contributed by atoms with van der Waals surface area (Å²) in [7, 11) is 0. The van der Waals surface area contributed by atoms with Gasteiger partial charge in [0, 0.05) is 39.6 Å². The number of hydrogen-bond acceptors (Lipinski definition) is 3. The Morgan fingerprint density at radius 1 is 1.44 bits per heavy atom. The molecule has 0 atom stereocenters. The second-order valence-electron chi connectivity index (χ2n) is 3.59. The molecule has 0 unspecified atom stereocenters. The van der Waals surface area contributed by atoms with Gasteiger partial charge < -0.3 is 5.32 Å². The molecule has 2 rings (SSSR count). The highest BCUT2D eigenvalue weighted by molar-refractivity contribution is 9.10. The molecule has 1 aromatic heterocycles. The largest absolute Gasteiger partial charge is 0.352 e. The lowest BCUT2D eigenvalue weighted by Gasteiger charge is -2.05. The van der Waals surface area contributed by atoms with Crippen molar-refractivity contribution in [1.82, 2.24) is 10.3 Å². The van der Waals surface area contributed by atoms with Crippen LogP contribution >= 0.6 is 38.9 Å². The third kappa shape index (κ3) is 3.80. The molecule has 18 heavy (non-hydrogen) atoms. The number of halogens is 2. The fourth-order valence-electron chi connectivity index (χ4n) is 1.45. The fourth-order valence-corrected chi connectivity index (χ4v) is 2.93. The first-order valence-electron chi connectivity index (χ1n) is 5.28. The highest BCUT2D eigenvalue weighted by Gasteiger charge is 2.07. The minimum atomic E-state index is -0.130. The van der Waals surface area contributed by atoms with E-state index in [0.717, 1.165) is 15.9 Å². The minimum absolute atomic E-state index is 0.130. The van der Waals surface area contributed by atoms with Crippen molar-refractivity contribution in [2.24, 2.45) is 0 Å². The molecule has 6 heteroatoms. The van der Waals surface area contributed by atoms with Gasteiger partial charge in [0.15, 0.2) is 0 Å². The molecule has 94 valence electrons. The van der Waals surface area contributed by atoms with Gasteiger partial charge in [0.05, 0.1) is 5.01 Å². The average Bonchev–Trinajstić information content (AvgIpc) is 2.80. The van der Waals surface area contributed by atoms with E-state index >= 15 is 0 Å². The van der Waals surface area contributed by atoms with Crippen LogP contribution in [0.25, 0.3) is 0 Å². The Balaban J connectivity index is 1.91. The van der Waals surface area contributed by atoms with Crippen molar-refractivity contribution < 1.29 is 4.79 Å². The lowest BCUT2D eigenvalue weighted by atomic mass is 10.2. The molecular formula is C12H10BrClN2OS. The molecule has 1 aromatic carbocycles. The molecule has 0 aliphatic carbocycles. The van der Waals surface area contributed by atoms with Crippen LogP contribution in [0.5, 0.6) is 0 Å². The van der Waals surface area contributed by atoms with Gasteiger partial charge in [0.1, 0.15) is 0 Å².